The average molecular weight is 223 g/mol. The highest BCUT2D eigenvalue weighted by Gasteiger charge is 2.11. The smallest absolute Gasteiger partial charge is 0.238 e. The maximum Gasteiger partial charge on any atom is 0.238 e. The number of carbonyl (C=O) groups excluding carboxylic acids is 1. The van der Waals surface area contributed by atoms with Crippen LogP contribution in [0.25, 0.3) is 0 Å². The Morgan fingerprint density at radius 2 is 2.07 bits per heavy atom. The molecule has 0 N–H and O–H groups in total. The van der Waals surface area contributed by atoms with Crippen LogP contribution in [0.1, 0.15) is 5.56 Å². The first-order chi connectivity index (χ1) is 7.27. The van der Waals surface area contributed by atoms with E-state index in [9.17, 15) is 4.79 Å². The van der Waals surface area contributed by atoms with Crippen LogP contribution >= 0.6 is 11.6 Å². The van der Waals surface area contributed by atoms with E-state index >= 15 is 0 Å². The number of hydrogen-bond donors (Lipinski definition) is 0. The molecule has 15 heavy (non-hydrogen) atoms. The fourth-order valence-corrected chi connectivity index (χ4v) is 1.37. The average Bonchev–Trinajstić information content (AvgIpc) is 2.29. The normalized spacial score (nSPS) is 9.33. The van der Waals surface area contributed by atoms with Crippen LogP contribution < -0.4 is 0 Å². The van der Waals surface area contributed by atoms with E-state index in [0.29, 0.717) is 6.54 Å². The van der Waals surface area contributed by atoms with E-state index in [-0.39, 0.29) is 18.3 Å². The molecule has 4 heteroatoms. The van der Waals surface area contributed by atoms with Crippen LogP contribution in [-0.2, 0) is 11.3 Å². The number of halogens is 1. The number of benzene rings is 1. The Balaban J connectivity index is 2.68. The molecule has 0 fully saturated rings. The van der Waals surface area contributed by atoms with Crippen LogP contribution in [0.4, 0.5) is 0 Å². The number of alkyl halides is 1. The van der Waals surface area contributed by atoms with Gasteiger partial charge in [-0.3, -0.25) is 4.79 Å². The zero-order valence-electron chi connectivity index (χ0n) is 8.19. The monoisotopic (exact) mass is 222 g/mol. The van der Waals surface area contributed by atoms with Gasteiger partial charge in [0.1, 0.15) is 12.4 Å². The molecule has 0 bridgehead atoms. The third kappa shape index (κ3) is 3.61. The van der Waals surface area contributed by atoms with Crippen molar-refractivity contribution in [2.75, 3.05) is 12.4 Å². The molecule has 3 nitrogen and oxygen atoms in total. The van der Waals surface area contributed by atoms with Crippen LogP contribution in [0.15, 0.2) is 30.3 Å². The summed E-state index contributed by atoms with van der Waals surface area (Å²) in [5.41, 5.74) is 0.992. The van der Waals surface area contributed by atoms with E-state index in [1.54, 1.807) is 0 Å². The van der Waals surface area contributed by atoms with Crippen molar-refractivity contribution < 1.29 is 4.79 Å². The van der Waals surface area contributed by atoms with Crippen molar-refractivity contribution >= 4 is 17.5 Å². The van der Waals surface area contributed by atoms with Gasteiger partial charge in [0.2, 0.25) is 5.91 Å². The van der Waals surface area contributed by atoms with Gasteiger partial charge in [0.05, 0.1) is 6.07 Å². The second-order valence-corrected chi connectivity index (χ2v) is 3.29. The van der Waals surface area contributed by atoms with E-state index in [1.165, 1.54) is 4.90 Å². The van der Waals surface area contributed by atoms with Gasteiger partial charge in [-0.15, -0.1) is 11.6 Å². The summed E-state index contributed by atoms with van der Waals surface area (Å²) in [6.45, 7) is 0.500. The van der Waals surface area contributed by atoms with Gasteiger partial charge < -0.3 is 4.90 Å². The SMILES string of the molecule is N#CCN(Cc1ccccc1)C(=O)CCl. The molecule has 1 amide bonds. The molecule has 0 saturated heterocycles. The Bertz CT molecular complexity index is 359. The Kier molecular flexibility index (Phi) is 4.65. The minimum Gasteiger partial charge on any atom is -0.324 e. The number of nitrogens with zero attached hydrogens (tertiary/aromatic N) is 2. The Hall–Kier alpha value is -1.53. The molecular weight excluding hydrogens is 212 g/mol. The largest absolute Gasteiger partial charge is 0.324 e. The topological polar surface area (TPSA) is 44.1 Å². The molecule has 0 atom stereocenters. The number of nitriles is 1. The molecular formula is C11H11ClN2O. The molecule has 0 saturated carbocycles. The molecule has 0 aliphatic heterocycles. The highest BCUT2D eigenvalue weighted by atomic mass is 35.5. The van der Waals surface area contributed by atoms with Gasteiger partial charge in [0.15, 0.2) is 0 Å². The number of rotatable bonds is 4. The van der Waals surface area contributed by atoms with Crippen molar-refractivity contribution in [3.63, 3.8) is 0 Å². The molecule has 0 aliphatic rings. The van der Waals surface area contributed by atoms with Crippen LogP contribution in [0.3, 0.4) is 0 Å². The highest BCUT2D eigenvalue weighted by Crippen LogP contribution is 2.04. The Morgan fingerprint density at radius 3 is 2.60 bits per heavy atom. The summed E-state index contributed by atoms with van der Waals surface area (Å²) in [7, 11) is 0. The Morgan fingerprint density at radius 1 is 1.40 bits per heavy atom. The zero-order chi connectivity index (χ0) is 11.1. The predicted octanol–water partition coefficient (Wildman–Crippen LogP) is 1.78. The van der Waals surface area contributed by atoms with Gasteiger partial charge in [-0.25, -0.2) is 0 Å². The fourth-order valence-electron chi connectivity index (χ4n) is 1.21. The molecule has 0 heterocycles. The standard InChI is InChI=1S/C11H11ClN2O/c12-8-11(15)14(7-6-13)9-10-4-2-1-3-5-10/h1-5H,7-9H2. The summed E-state index contributed by atoms with van der Waals surface area (Å²) < 4.78 is 0. The minimum atomic E-state index is -0.220. The molecule has 1 aromatic rings. The lowest BCUT2D eigenvalue weighted by Crippen LogP contribution is -2.31. The van der Waals surface area contributed by atoms with Crippen LogP contribution in [0.2, 0.25) is 0 Å². The van der Waals surface area contributed by atoms with Gasteiger partial charge in [0.25, 0.3) is 0 Å². The first-order valence-electron chi connectivity index (χ1n) is 4.52. The van der Waals surface area contributed by atoms with Crippen molar-refractivity contribution in [2.45, 2.75) is 6.54 Å². The second-order valence-electron chi connectivity index (χ2n) is 3.03. The first-order valence-corrected chi connectivity index (χ1v) is 5.06. The van der Waals surface area contributed by atoms with Gasteiger partial charge in [-0.05, 0) is 5.56 Å². The molecule has 0 aliphatic carbocycles. The number of hydrogen-bond acceptors (Lipinski definition) is 2. The predicted molar refractivity (Wildman–Crippen MR) is 58.2 cm³/mol. The maximum absolute atomic E-state index is 11.3. The van der Waals surface area contributed by atoms with E-state index in [1.807, 2.05) is 36.4 Å². The lowest BCUT2D eigenvalue weighted by atomic mass is 10.2. The third-order valence-corrected chi connectivity index (χ3v) is 2.17. The van der Waals surface area contributed by atoms with Gasteiger partial charge in [-0.2, -0.15) is 5.26 Å². The third-order valence-electron chi connectivity index (χ3n) is 1.94. The van der Waals surface area contributed by atoms with Crippen LogP contribution in [0, 0.1) is 11.3 Å². The van der Waals surface area contributed by atoms with Gasteiger partial charge in [-0.1, -0.05) is 30.3 Å². The second kappa shape index (κ2) is 6.05. The van der Waals surface area contributed by atoms with Gasteiger partial charge in [0, 0.05) is 6.54 Å². The molecule has 0 unspecified atom stereocenters. The first kappa shape index (κ1) is 11.5. The summed E-state index contributed by atoms with van der Waals surface area (Å²) in [4.78, 5) is 12.8. The summed E-state index contributed by atoms with van der Waals surface area (Å²) in [5, 5.41) is 8.57. The lowest BCUT2D eigenvalue weighted by Gasteiger charge is -2.18. The van der Waals surface area contributed by atoms with Gasteiger partial charge >= 0.3 is 0 Å². The summed E-state index contributed by atoms with van der Waals surface area (Å²) in [5.74, 6) is -0.309. The zero-order valence-corrected chi connectivity index (χ0v) is 8.94. The molecule has 0 radical (unpaired) electrons. The quantitative estimate of drug-likeness (QED) is 0.576. The van der Waals surface area contributed by atoms with Crippen molar-refractivity contribution in [3.05, 3.63) is 35.9 Å². The molecule has 1 rings (SSSR count). The summed E-state index contributed by atoms with van der Waals surface area (Å²) >= 11 is 5.45. The summed E-state index contributed by atoms with van der Waals surface area (Å²) in [6.07, 6.45) is 0. The van der Waals surface area contributed by atoms with Crippen molar-refractivity contribution in [1.82, 2.24) is 4.90 Å². The molecule has 1 aromatic carbocycles. The molecule has 0 spiro atoms. The fraction of sp³-hybridized carbons (Fsp3) is 0.273. The number of amides is 1. The Labute approximate surface area is 93.9 Å². The van der Waals surface area contributed by atoms with Crippen LogP contribution in [0.5, 0.6) is 0 Å². The highest BCUT2D eigenvalue weighted by molar-refractivity contribution is 6.27. The van der Waals surface area contributed by atoms with E-state index in [0.717, 1.165) is 5.56 Å². The molecule has 0 aromatic heterocycles. The van der Waals surface area contributed by atoms with E-state index in [2.05, 4.69) is 0 Å². The summed E-state index contributed by atoms with van der Waals surface area (Å²) in [6, 6.07) is 11.5. The van der Waals surface area contributed by atoms with Crippen molar-refractivity contribution in [1.29, 1.82) is 5.26 Å². The minimum absolute atomic E-state index is 0.0699. The van der Waals surface area contributed by atoms with E-state index < -0.39 is 0 Å². The van der Waals surface area contributed by atoms with Crippen molar-refractivity contribution in [3.8, 4) is 6.07 Å². The van der Waals surface area contributed by atoms with E-state index in [4.69, 9.17) is 16.9 Å². The maximum atomic E-state index is 11.3. The molecule has 78 valence electrons. The van der Waals surface area contributed by atoms with Crippen molar-refractivity contribution in [2.24, 2.45) is 0 Å². The lowest BCUT2D eigenvalue weighted by molar-refractivity contribution is -0.128. The number of carbonyl (C=O) groups is 1. The van der Waals surface area contributed by atoms with Crippen LogP contribution in [-0.4, -0.2) is 23.2 Å².